The molecule has 1 atom stereocenters. The maximum atomic E-state index is 5.88. The molecule has 2 nitrogen and oxygen atoms in total. The van der Waals surface area contributed by atoms with Gasteiger partial charge in [0.2, 0.25) is 0 Å². The van der Waals surface area contributed by atoms with E-state index in [4.69, 9.17) is 5.73 Å². The van der Waals surface area contributed by atoms with Crippen molar-refractivity contribution in [2.75, 3.05) is 11.4 Å². The van der Waals surface area contributed by atoms with E-state index in [2.05, 4.69) is 61.4 Å². The Labute approximate surface area is 126 Å². The fraction of sp³-hybridized carbons (Fsp3) is 0.412. The zero-order valence-electron chi connectivity index (χ0n) is 12.6. The standard InChI is InChI=1S/C17H24N2S/c1-4-19(12-16-6-5-9-20-16)17-8-7-15(10-13(17)2)11-14(3)18/h5-10,14H,4,11-12,18H2,1-3H3. The molecule has 20 heavy (non-hydrogen) atoms. The summed E-state index contributed by atoms with van der Waals surface area (Å²) in [5.41, 5.74) is 9.87. The van der Waals surface area contributed by atoms with Crippen molar-refractivity contribution in [3.63, 3.8) is 0 Å². The predicted molar refractivity (Wildman–Crippen MR) is 89.6 cm³/mol. The Kier molecular flexibility index (Phi) is 5.21. The quantitative estimate of drug-likeness (QED) is 0.871. The molecule has 1 unspecified atom stereocenters. The maximum absolute atomic E-state index is 5.88. The molecule has 2 N–H and O–H groups in total. The van der Waals surface area contributed by atoms with Gasteiger partial charge in [-0.2, -0.15) is 0 Å². The molecule has 0 bridgehead atoms. The first-order chi connectivity index (χ1) is 9.60. The second-order valence-electron chi connectivity index (χ2n) is 5.40. The van der Waals surface area contributed by atoms with Crippen LogP contribution in [-0.2, 0) is 13.0 Å². The molecule has 0 aliphatic carbocycles. The van der Waals surface area contributed by atoms with Crippen molar-refractivity contribution < 1.29 is 0 Å². The fourth-order valence-corrected chi connectivity index (χ4v) is 3.25. The zero-order chi connectivity index (χ0) is 14.5. The van der Waals surface area contributed by atoms with E-state index in [9.17, 15) is 0 Å². The van der Waals surface area contributed by atoms with Gasteiger partial charge in [0.25, 0.3) is 0 Å². The predicted octanol–water partition coefficient (Wildman–Crippen LogP) is 3.97. The second kappa shape index (κ2) is 6.91. The van der Waals surface area contributed by atoms with Crippen molar-refractivity contribution in [1.29, 1.82) is 0 Å². The van der Waals surface area contributed by atoms with Crippen molar-refractivity contribution in [3.05, 3.63) is 51.7 Å². The molecular weight excluding hydrogens is 264 g/mol. The first-order valence-corrected chi connectivity index (χ1v) is 8.10. The molecule has 0 saturated carbocycles. The van der Waals surface area contributed by atoms with Crippen molar-refractivity contribution in [2.45, 2.75) is 39.8 Å². The van der Waals surface area contributed by atoms with Crippen LogP contribution in [0.4, 0.5) is 5.69 Å². The zero-order valence-corrected chi connectivity index (χ0v) is 13.4. The maximum Gasteiger partial charge on any atom is 0.0522 e. The summed E-state index contributed by atoms with van der Waals surface area (Å²) in [6.07, 6.45) is 0.943. The van der Waals surface area contributed by atoms with Crippen molar-refractivity contribution >= 4 is 17.0 Å². The molecule has 1 aromatic heterocycles. The smallest absolute Gasteiger partial charge is 0.0522 e. The summed E-state index contributed by atoms with van der Waals surface area (Å²) in [7, 11) is 0. The van der Waals surface area contributed by atoms with E-state index in [-0.39, 0.29) is 6.04 Å². The number of thiophene rings is 1. The molecule has 0 saturated heterocycles. The van der Waals surface area contributed by atoms with Gasteiger partial charge in [0.1, 0.15) is 0 Å². The van der Waals surface area contributed by atoms with Crippen LogP contribution in [0.3, 0.4) is 0 Å². The summed E-state index contributed by atoms with van der Waals surface area (Å²) >= 11 is 1.82. The third kappa shape index (κ3) is 3.84. The molecule has 3 heteroatoms. The van der Waals surface area contributed by atoms with E-state index < -0.39 is 0 Å². The third-order valence-electron chi connectivity index (χ3n) is 3.47. The van der Waals surface area contributed by atoms with Gasteiger partial charge in [0.05, 0.1) is 6.54 Å². The van der Waals surface area contributed by atoms with Crippen LogP contribution in [0.5, 0.6) is 0 Å². The number of hydrogen-bond acceptors (Lipinski definition) is 3. The Balaban J connectivity index is 2.17. The minimum absolute atomic E-state index is 0.216. The molecule has 1 aromatic carbocycles. The largest absolute Gasteiger partial charge is 0.366 e. The molecule has 0 fully saturated rings. The molecule has 0 spiro atoms. The summed E-state index contributed by atoms with van der Waals surface area (Å²) in [6.45, 7) is 8.46. The molecule has 1 heterocycles. The van der Waals surface area contributed by atoms with Crippen LogP contribution in [0, 0.1) is 6.92 Å². The summed E-state index contributed by atoms with van der Waals surface area (Å²) in [4.78, 5) is 3.84. The average molecular weight is 288 g/mol. The summed E-state index contributed by atoms with van der Waals surface area (Å²) in [5.74, 6) is 0. The van der Waals surface area contributed by atoms with E-state index in [1.807, 2.05) is 11.3 Å². The third-order valence-corrected chi connectivity index (χ3v) is 4.33. The molecule has 0 amide bonds. The van der Waals surface area contributed by atoms with Gasteiger partial charge < -0.3 is 10.6 Å². The van der Waals surface area contributed by atoms with Crippen LogP contribution < -0.4 is 10.6 Å². The molecular formula is C17H24N2S. The Bertz CT molecular complexity index is 532. The molecule has 2 rings (SSSR count). The highest BCUT2D eigenvalue weighted by molar-refractivity contribution is 7.09. The van der Waals surface area contributed by atoms with E-state index in [1.54, 1.807) is 0 Å². The van der Waals surface area contributed by atoms with E-state index in [1.165, 1.54) is 21.7 Å². The fourth-order valence-electron chi connectivity index (χ4n) is 2.53. The van der Waals surface area contributed by atoms with Gasteiger partial charge in [-0.15, -0.1) is 11.3 Å². The topological polar surface area (TPSA) is 29.3 Å². The van der Waals surface area contributed by atoms with Crippen molar-refractivity contribution in [1.82, 2.24) is 0 Å². The van der Waals surface area contributed by atoms with E-state index in [0.29, 0.717) is 0 Å². The Morgan fingerprint density at radius 2 is 2.10 bits per heavy atom. The highest BCUT2D eigenvalue weighted by Gasteiger charge is 2.10. The lowest BCUT2D eigenvalue weighted by molar-refractivity contribution is 0.737. The summed E-state index contributed by atoms with van der Waals surface area (Å²) < 4.78 is 0. The molecule has 108 valence electrons. The first-order valence-electron chi connectivity index (χ1n) is 7.22. The van der Waals surface area contributed by atoms with Crippen LogP contribution in [0.15, 0.2) is 35.7 Å². The van der Waals surface area contributed by atoms with Gasteiger partial charge in [-0.05, 0) is 55.8 Å². The van der Waals surface area contributed by atoms with Gasteiger partial charge in [0, 0.05) is 23.2 Å². The Morgan fingerprint density at radius 1 is 1.30 bits per heavy atom. The van der Waals surface area contributed by atoms with Crippen molar-refractivity contribution in [3.8, 4) is 0 Å². The molecule has 2 aromatic rings. The normalized spacial score (nSPS) is 12.4. The minimum Gasteiger partial charge on any atom is -0.366 e. The van der Waals surface area contributed by atoms with Crippen LogP contribution in [0.25, 0.3) is 0 Å². The SMILES string of the molecule is CCN(Cc1cccs1)c1ccc(CC(C)N)cc1C. The number of hydrogen-bond donors (Lipinski definition) is 1. The number of benzene rings is 1. The number of anilines is 1. The van der Waals surface area contributed by atoms with E-state index >= 15 is 0 Å². The van der Waals surface area contributed by atoms with Crippen LogP contribution in [0.1, 0.15) is 29.9 Å². The van der Waals surface area contributed by atoms with Gasteiger partial charge >= 0.3 is 0 Å². The van der Waals surface area contributed by atoms with Crippen molar-refractivity contribution in [2.24, 2.45) is 5.73 Å². The Hall–Kier alpha value is -1.32. The lowest BCUT2D eigenvalue weighted by Crippen LogP contribution is -2.22. The number of nitrogens with zero attached hydrogens (tertiary/aromatic N) is 1. The average Bonchev–Trinajstić information content (AvgIpc) is 2.89. The summed E-state index contributed by atoms with van der Waals surface area (Å²) in [5, 5.41) is 2.14. The molecule has 0 aliphatic rings. The highest BCUT2D eigenvalue weighted by atomic mass is 32.1. The monoisotopic (exact) mass is 288 g/mol. The van der Waals surface area contributed by atoms with Crippen LogP contribution >= 0.6 is 11.3 Å². The minimum atomic E-state index is 0.216. The number of nitrogens with two attached hydrogens (primary N) is 1. The summed E-state index contributed by atoms with van der Waals surface area (Å²) in [6, 6.07) is 11.3. The van der Waals surface area contributed by atoms with Gasteiger partial charge in [-0.1, -0.05) is 18.2 Å². The van der Waals surface area contributed by atoms with Crippen LogP contribution in [0.2, 0.25) is 0 Å². The number of rotatable bonds is 6. The van der Waals surface area contributed by atoms with Crippen LogP contribution in [-0.4, -0.2) is 12.6 Å². The molecule has 0 radical (unpaired) electrons. The molecule has 0 aliphatic heterocycles. The lowest BCUT2D eigenvalue weighted by Gasteiger charge is -2.25. The van der Waals surface area contributed by atoms with Gasteiger partial charge in [-0.25, -0.2) is 0 Å². The van der Waals surface area contributed by atoms with Gasteiger partial charge in [-0.3, -0.25) is 0 Å². The Morgan fingerprint density at radius 3 is 2.65 bits per heavy atom. The first kappa shape index (κ1) is 15.1. The lowest BCUT2D eigenvalue weighted by atomic mass is 10.0. The highest BCUT2D eigenvalue weighted by Crippen LogP contribution is 2.24. The second-order valence-corrected chi connectivity index (χ2v) is 6.43. The van der Waals surface area contributed by atoms with E-state index in [0.717, 1.165) is 19.5 Å². The number of aryl methyl sites for hydroxylation is 1. The van der Waals surface area contributed by atoms with Gasteiger partial charge in [0.15, 0.2) is 0 Å².